The van der Waals surface area contributed by atoms with Gasteiger partial charge < -0.3 is 15.0 Å². The Bertz CT molecular complexity index is 484. The van der Waals surface area contributed by atoms with Crippen molar-refractivity contribution in [2.75, 3.05) is 25.1 Å². The average Bonchev–Trinajstić information content (AvgIpc) is 2.86. The second-order valence-electron chi connectivity index (χ2n) is 6.09. The molecule has 6 nitrogen and oxygen atoms in total. The Labute approximate surface area is 119 Å². The summed E-state index contributed by atoms with van der Waals surface area (Å²) in [7, 11) is 1.57. The zero-order valence-electron chi connectivity index (χ0n) is 12.5. The number of carbonyl (C=O) groups is 1. The lowest BCUT2D eigenvalue weighted by Crippen LogP contribution is -2.44. The minimum atomic E-state index is -0.194. The number of nitrogens with one attached hydrogen (secondary N) is 1. The molecule has 1 aliphatic rings. The largest absolute Gasteiger partial charge is 0.480 e. The van der Waals surface area contributed by atoms with Gasteiger partial charge in [-0.15, -0.1) is 0 Å². The monoisotopic (exact) mass is 278 g/mol. The van der Waals surface area contributed by atoms with E-state index in [1.54, 1.807) is 19.5 Å². The summed E-state index contributed by atoms with van der Waals surface area (Å²) in [4.78, 5) is 22.7. The topological polar surface area (TPSA) is 67.3 Å². The molecular formula is C14H22N4O2. The molecule has 1 aromatic rings. The van der Waals surface area contributed by atoms with Crippen molar-refractivity contribution in [3.05, 3.63) is 12.4 Å². The van der Waals surface area contributed by atoms with E-state index >= 15 is 0 Å². The van der Waals surface area contributed by atoms with Crippen molar-refractivity contribution in [3.8, 4) is 5.88 Å². The molecule has 1 N–H and O–H groups in total. The van der Waals surface area contributed by atoms with Gasteiger partial charge >= 0.3 is 0 Å². The minimum Gasteiger partial charge on any atom is -0.480 e. The van der Waals surface area contributed by atoms with Crippen LogP contribution in [0.4, 0.5) is 5.82 Å². The van der Waals surface area contributed by atoms with Crippen LogP contribution in [-0.4, -0.2) is 41.6 Å². The summed E-state index contributed by atoms with van der Waals surface area (Å²) in [5, 5.41) is 3.03. The van der Waals surface area contributed by atoms with Gasteiger partial charge in [0.15, 0.2) is 5.82 Å². The molecule has 0 bridgehead atoms. The van der Waals surface area contributed by atoms with Gasteiger partial charge in [-0.3, -0.25) is 9.78 Å². The highest BCUT2D eigenvalue weighted by atomic mass is 16.5. The lowest BCUT2D eigenvalue weighted by molar-refractivity contribution is -0.125. The molecule has 6 heteroatoms. The fraction of sp³-hybridized carbons (Fsp3) is 0.643. The summed E-state index contributed by atoms with van der Waals surface area (Å²) in [5.41, 5.74) is -0.194. The van der Waals surface area contributed by atoms with E-state index in [2.05, 4.69) is 20.2 Å². The molecule has 0 aliphatic carbocycles. The maximum atomic E-state index is 12.2. The first kappa shape index (κ1) is 14.6. The number of rotatable bonds is 3. The van der Waals surface area contributed by atoms with Crippen molar-refractivity contribution in [3.63, 3.8) is 0 Å². The van der Waals surface area contributed by atoms with Gasteiger partial charge in [0.05, 0.1) is 25.4 Å². The Morgan fingerprint density at radius 2 is 2.20 bits per heavy atom. The van der Waals surface area contributed by atoms with E-state index in [9.17, 15) is 4.79 Å². The van der Waals surface area contributed by atoms with Crippen LogP contribution < -0.4 is 15.0 Å². The van der Waals surface area contributed by atoms with Crippen LogP contribution in [0.1, 0.15) is 27.2 Å². The minimum absolute atomic E-state index is 0.00206. The highest BCUT2D eigenvalue weighted by Crippen LogP contribution is 2.23. The number of ether oxygens (including phenoxy) is 1. The maximum absolute atomic E-state index is 12.2. The Morgan fingerprint density at radius 1 is 1.45 bits per heavy atom. The van der Waals surface area contributed by atoms with Crippen LogP contribution in [0.3, 0.4) is 0 Å². The van der Waals surface area contributed by atoms with E-state index in [0.29, 0.717) is 12.4 Å². The first-order valence-corrected chi connectivity index (χ1v) is 6.82. The SMILES string of the molecule is COc1cncc(N2CCC(C(=O)NC(C)(C)C)C2)n1. The van der Waals surface area contributed by atoms with Gasteiger partial charge in [-0.1, -0.05) is 0 Å². The molecule has 1 aliphatic heterocycles. The van der Waals surface area contributed by atoms with Crippen LogP contribution in [0.15, 0.2) is 12.4 Å². The average molecular weight is 278 g/mol. The summed E-state index contributed by atoms with van der Waals surface area (Å²) in [6.45, 7) is 7.45. The third-order valence-corrected chi connectivity index (χ3v) is 3.19. The standard InChI is InChI=1S/C14H22N4O2/c1-14(2,3)17-13(19)10-5-6-18(9-10)11-7-15-8-12(16-11)20-4/h7-8,10H,5-6,9H2,1-4H3,(H,17,19). The second kappa shape index (κ2) is 5.64. The Morgan fingerprint density at radius 3 is 2.85 bits per heavy atom. The van der Waals surface area contributed by atoms with Crippen LogP contribution in [0.25, 0.3) is 0 Å². The van der Waals surface area contributed by atoms with E-state index in [-0.39, 0.29) is 17.4 Å². The molecule has 2 heterocycles. The molecule has 2 rings (SSSR count). The molecule has 0 saturated carbocycles. The second-order valence-corrected chi connectivity index (χ2v) is 6.09. The third kappa shape index (κ3) is 3.59. The maximum Gasteiger partial charge on any atom is 0.233 e. The fourth-order valence-electron chi connectivity index (χ4n) is 2.24. The van der Waals surface area contributed by atoms with E-state index in [1.807, 2.05) is 20.8 Å². The highest BCUT2D eigenvalue weighted by Gasteiger charge is 2.31. The van der Waals surface area contributed by atoms with Gasteiger partial charge in [0.25, 0.3) is 0 Å². The molecule has 0 radical (unpaired) electrons. The first-order valence-electron chi connectivity index (χ1n) is 6.82. The number of hydrogen-bond acceptors (Lipinski definition) is 5. The number of nitrogens with zero attached hydrogens (tertiary/aromatic N) is 3. The number of methoxy groups -OCH3 is 1. The molecular weight excluding hydrogens is 256 g/mol. The van der Waals surface area contributed by atoms with Crippen molar-refractivity contribution >= 4 is 11.7 Å². The quantitative estimate of drug-likeness (QED) is 0.900. The van der Waals surface area contributed by atoms with E-state index in [1.165, 1.54) is 0 Å². The predicted octanol–water partition coefficient (Wildman–Crippen LogP) is 1.23. The Balaban J connectivity index is 1.99. The van der Waals surface area contributed by atoms with Gasteiger partial charge in [0.2, 0.25) is 11.8 Å². The molecule has 0 aromatic carbocycles. The van der Waals surface area contributed by atoms with Gasteiger partial charge in [-0.25, -0.2) is 0 Å². The van der Waals surface area contributed by atoms with Crippen LogP contribution in [0.5, 0.6) is 5.88 Å². The van der Waals surface area contributed by atoms with Gasteiger partial charge in [0, 0.05) is 18.6 Å². The van der Waals surface area contributed by atoms with Crippen molar-refractivity contribution < 1.29 is 9.53 Å². The fourth-order valence-corrected chi connectivity index (χ4v) is 2.24. The van der Waals surface area contributed by atoms with Crippen molar-refractivity contribution in [1.82, 2.24) is 15.3 Å². The van der Waals surface area contributed by atoms with Gasteiger partial charge in [-0.2, -0.15) is 4.98 Å². The molecule has 1 fully saturated rings. The highest BCUT2D eigenvalue weighted by molar-refractivity contribution is 5.80. The Kier molecular flexibility index (Phi) is 4.11. The lowest BCUT2D eigenvalue weighted by Gasteiger charge is -2.23. The summed E-state index contributed by atoms with van der Waals surface area (Å²) in [6.07, 6.45) is 4.11. The van der Waals surface area contributed by atoms with Crippen molar-refractivity contribution in [2.24, 2.45) is 5.92 Å². The van der Waals surface area contributed by atoms with E-state index in [0.717, 1.165) is 18.8 Å². The zero-order valence-corrected chi connectivity index (χ0v) is 12.5. The Hall–Kier alpha value is -1.85. The van der Waals surface area contributed by atoms with Gasteiger partial charge in [0.1, 0.15) is 0 Å². The van der Waals surface area contributed by atoms with E-state index in [4.69, 9.17) is 4.74 Å². The normalized spacial score (nSPS) is 19.0. The van der Waals surface area contributed by atoms with Crippen LogP contribution >= 0.6 is 0 Å². The summed E-state index contributed by atoms with van der Waals surface area (Å²) in [5.74, 6) is 1.36. The summed E-state index contributed by atoms with van der Waals surface area (Å²) >= 11 is 0. The first-order chi connectivity index (χ1) is 9.39. The van der Waals surface area contributed by atoms with E-state index < -0.39 is 0 Å². The molecule has 1 saturated heterocycles. The predicted molar refractivity (Wildman–Crippen MR) is 76.8 cm³/mol. The number of aromatic nitrogens is 2. The molecule has 1 aromatic heterocycles. The molecule has 1 amide bonds. The number of hydrogen-bond donors (Lipinski definition) is 1. The van der Waals surface area contributed by atoms with Crippen LogP contribution in [-0.2, 0) is 4.79 Å². The molecule has 110 valence electrons. The summed E-state index contributed by atoms with van der Waals surface area (Å²) in [6, 6.07) is 0. The molecule has 1 atom stereocenters. The lowest BCUT2D eigenvalue weighted by atomic mass is 10.0. The van der Waals surface area contributed by atoms with Crippen molar-refractivity contribution in [1.29, 1.82) is 0 Å². The number of amides is 1. The van der Waals surface area contributed by atoms with Crippen LogP contribution in [0, 0.1) is 5.92 Å². The van der Waals surface area contributed by atoms with Crippen LogP contribution in [0.2, 0.25) is 0 Å². The number of carbonyl (C=O) groups excluding carboxylic acids is 1. The van der Waals surface area contributed by atoms with Crippen molar-refractivity contribution in [2.45, 2.75) is 32.7 Å². The van der Waals surface area contributed by atoms with Gasteiger partial charge in [-0.05, 0) is 27.2 Å². The molecule has 1 unspecified atom stereocenters. The smallest absolute Gasteiger partial charge is 0.233 e. The third-order valence-electron chi connectivity index (χ3n) is 3.19. The number of anilines is 1. The molecule has 20 heavy (non-hydrogen) atoms. The molecule has 0 spiro atoms. The summed E-state index contributed by atoms with van der Waals surface area (Å²) < 4.78 is 5.08. The zero-order chi connectivity index (χ0) is 14.8.